The minimum Gasteiger partial charge on any atom is -0.340 e. The molecule has 2 heterocycles. The molecule has 1 N–H and O–H groups in total. The van der Waals surface area contributed by atoms with Gasteiger partial charge < -0.3 is 10.2 Å². The first-order chi connectivity index (χ1) is 8.08. The van der Waals surface area contributed by atoms with Gasteiger partial charge >= 0.3 is 0 Å². The van der Waals surface area contributed by atoms with Crippen molar-refractivity contribution in [2.24, 2.45) is 11.8 Å². The minimum absolute atomic E-state index is 0.121. The van der Waals surface area contributed by atoms with Crippen molar-refractivity contribution in [1.82, 2.24) is 10.2 Å². The Kier molecular flexibility index (Phi) is 4.07. The zero-order chi connectivity index (χ0) is 12.4. The second-order valence-electron chi connectivity index (χ2n) is 4.64. The summed E-state index contributed by atoms with van der Waals surface area (Å²) in [6.45, 7) is 4.52. The number of hydrogen-bond donors (Lipinski definition) is 1. The van der Waals surface area contributed by atoms with E-state index < -0.39 is 0 Å². The fraction of sp³-hybridized carbons (Fsp3) is 0.583. The van der Waals surface area contributed by atoms with Crippen molar-refractivity contribution in [3.05, 3.63) is 21.3 Å². The van der Waals surface area contributed by atoms with Crippen LogP contribution in [0.2, 0.25) is 4.34 Å². The van der Waals surface area contributed by atoms with E-state index in [1.165, 1.54) is 11.3 Å². The molecule has 3 nitrogen and oxygen atoms in total. The Balaban J connectivity index is 1.95. The first kappa shape index (κ1) is 12.9. The number of nitrogens with one attached hydrogen (secondary N) is 1. The molecule has 1 aromatic rings. The first-order valence-electron chi connectivity index (χ1n) is 5.78. The van der Waals surface area contributed by atoms with Crippen molar-refractivity contribution in [3.8, 4) is 0 Å². The third-order valence-electron chi connectivity index (χ3n) is 3.23. The summed E-state index contributed by atoms with van der Waals surface area (Å²) in [5.74, 6) is 0.777. The molecule has 17 heavy (non-hydrogen) atoms. The van der Waals surface area contributed by atoms with Crippen molar-refractivity contribution in [3.63, 3.8) is 0 Å². The summed E-state index contributed by atoms with van der Waals surface area (Å²) in [4.78, 5) is 15.2. The van der Waals surface area contributed by atoms with Gasteiger partial charge in [-0.2, -0.15) is 0 Å². The lowest BCUT2D eigenvalue weighted by Crippen LogP contribution is -2.35. The highest BCUT2D eigenvalue weighted by atomic mass is 35.5. The maximum Gasteiger partial charge on any atom is 0.227 e. The van der Waals surface area contributed by atoms with E-state index >= 15 is 0 Å². The van der Waals surface area contributed by atoms with E-state index in [1.54, 1.807) is 4.90 Å². The lowest BCUT2D eigenvalue weighted by molar-refractivity contribution is -0.135. The fourth-order valence-corrected chi connectivity index (χ4v) is 3.31. The van der Waals surface area contributed by atoms with Gasteiger partial charge in [0.15, 0.2) is 0 Å². The molecule has 0 spiro atoms. The second kappa shape index (κ2) is 5.38. The normalized spacial score (nSPS) is 23.9. The van der Waals surface area contributed by atoms with Gasteiger partial charge in [0.2, 0.25) is 5.91 Å². The summed E-state index contributed by atoms with van der Waals surface area (Å²) in [5.41, 5.74) is 0. The Bertz CT molecular complexity index is 407. The molecule has 1 fully saturated rings. The Morgan fingerprint density at radius 3 is 2.88 bits per heavy atom. The molecule has 0 radical (unpaired) electrons. The van der Waals surface area contributed by atoms with Crippen molar-refractivity contribution in [1.29, 1.82) is 0 Å². The van der Waals surface area contributed by atoms with E-state index in [1.807, 2.05) is 19.2 Å². The van der Waals surface area contributed by atoms with Crippen molar-refractivity contribution < 1.29 is 4.79 Å². The van der Waals surface area contributed by atoms with E-state index in [2.05, 4.69) is 12.2 Å². The predicted molar refractivity (Wildman–Crippen MR) is 71.3 cm³/mol. The topological polar surface area (TPSA) is 32.3 Å². The zero-order valence-corrected chi connectivity index (χ0v) is 11.6. The lowest BCUT2D eigenvalue weighted by Gasteiger charge is -2.22. The molecule has 1 aliphatic heterocycles. The minimum atomic E-state index is 0.121. The predicted octanol–water partition coefficient (Wildman–Crippen LogP) is 2.22. The van der Waals surface area contributed by atoms with Crippen LogP contribution in [0.1, 0.15) is 11.8 Å². The Labute approximate surface area is 111 Å². The van der Waals surface area contributed by atoms with Gasteiger partial charge in [-0.15, -0.1) is 11.3 Å². The molecule has 1 saturated heterocycles. The maximum atomic E-state index is 12.2. The van der Waals surface area contributed by atoms with Crippen LogP contribution in [-0.2, 0) is 11.3 Å². The zero-order valence-electron chi connectivity index (χ0n) is 10.1. The third-order valence-corrected chi connectivity index (χ3v) is 4.45. The molecule has 0 saturated carbocycles. The Morgan fingerprint density at radius 2 is 2.35 bits per heavy atom. The first-order valence-corrected chi connectivity index (χ1v) is 6.97. The van der Waals surface area contributed by atoms with E-state index in [9.17, 15) is 4.79 Å². The fourth-order valence-electron chi connectivity index (χ4n) is 2.17. The van der Waals surface area contributed by atoms with Gasteiger partial charge in [-0.3, -0.25) is 4.79 Å². The van der Waals surface area contributed by atoms with Crippen LogP contribution in [0, 0.1) is 11.8 Å². The van der Waals surface area contributed by atoms with E-state index in [4.69, 9.17) is 11.6 Å². The van der Waals surface area contributed by atoms with Gasteiger partial charge in [0.05, 0.1) is 16.8 Å². The van der Waals surface area contributed by atoms with Crippen LogP contribution in [0.4, 0.5) is 0 Å². The van der Waals surface area contributed by atoms with Gasteiger partial charge in [-0.25, -0.2) is 0 Å². The highest BCUT2D eigenvalue weighted by molar-refractivity contribution is 7.16. The number of thiophene rings is 1. The van der Waals surface area contributed by atoms with Gasteiger partial charge in [0.1, 0.15) is 0 Å². The average molecular weight is 273 g/mol. The molecule has 2 atom stereocenters. The molecule has 0 aromatic carbocycles. The van der Waals surface area contributed by atoms with Crippen molar-refractivity contribution in [2.75, 3.05) is 20.1 Å². The van der Waals surface area contributed by atoms with Crippen molar-refractivity contribution >= 4 is 28.8 Å². The number of amides is 1. The molecule has 2 rings (SSSR count). The summed E-state index contributed by atoms with van der Waals surface area (Å²) >= 11 is 7.41. The molecule has 1 amide bonds. The quantitative estimate of drug-likeness (QED) is 0.915. The number of carbonyl (C=O) groups is 1. The molecule has 0 aliphatic carbocycles. The molecule has 94 valence electrons. The highest BCUT2D eigenvalue weighted by Crippen LogP contribution is 2.24. The Morgan fingerprint density at radius 1 is 1.59 bits per heavy atom. The SMILES string of the molecule is CC1CNCC1C(=O)N(C)Cc1ccc(Cl)s1. The van der Waals surface area contributed by atoms with Gasteiger partial charge in [-0.05, 0) is 24.6 Å². The molecule has 0 bridgehead atoms. The summed E-state index contributed by atoms with van der Waals surface area (Å²) in [5, 5.41) is 3.26. The van der Waals surface area contributed by atoms with Crippen LogP contribution in [0.15, 0.2) is 12.1 Å². The summed E-state index contributed by atoms with van der Waals surface area (Å²) in [6.07, 6.45) is 0. The summed E-state index contributed by atoms with van der Waals surface area (Å²) in [6, 6.07) is 3.85. The number of halogens is 1. The smallest absolute Gasteiger partial charge is 0.227 e. The van der Waals surface area contributed by atoms with Crippen LogP contribution in [0.5, 0.6) is 0 Å². The summed E-state index contributed by atoms with van der Waals surface area (Å²) in [7, 11) is 1.86. The number of carbonyl (C=O) groups excluding carboxylic acids is 1. The van der Waals surface area contributed by atoms with Crippen molar-refractivity contribution in [2.45, 2.75) is 13.5 Å². The van der Waals surface area contributed by atoms with E-state index in [-0.39, 0.29) is 11.8 Å². The molecular formula is C12H17ClN2OS. The average Bonchev–Trinajstić information content (AvgIpc) is 2.86. The van der Waals surface area contributed by atoms with E-state index in [0.717, 1.165) is 22.3 Å². The monoisotopic (exact) mass is 272 g/mol. The number of rotatable bonds is 3. The molecule has 5 heteroatoms. The van der Waals surface area contributed by atoms with Crippen LogP contribution < -0.4 is 5.32 Å². The largest absolute Gasteiger partial charge is 0.340 e. The molecule has 2 unspecified atom stereocenters. The second-order valence-corrected chi connectivity index (χ2v) is 6.44. The van der Waals surface area contributed by atoms with E-state index in [0.29, 0.717) is 12.5 Å². The highest BCUT2D eigenvalue weighted by Gasteiger charge is 2.31. The third kappa shape index (κ3) is 3.00. The molecule has 1 aromatic heterocycles. The standard InChI is InChI=1S/C12H17ClN2OS/c1-8-5-14-6-10(8)12(16)15(2)7-9-3-4-11(13)17-9/h3-4,8,10,14H,5-7H2,1-2H3. The molecular weight excluding hydrogens is 256 g/mol. The maximum absolute atomic E-state index is 12.2. The van der Waals surface area contributed by atoms with Crippen LogP contribution in [0.3, 0.4) is 0 Å². The summed E-state index contributed by atoms with van der Waals surface area (Å²) < 4.78 is 0.775. The van der Waals surface area contributed by atoms with Gasteiger partial charge in [-0.1, -0.05) is 18.5 Å². The van der Waals surface area contributed by atoms with Crippen LogP contribution >= 0.6 is 22.9 Å². The molecule has 1 aliphatic rings. The lowest BCUT2D eigenvalue weighted by atomic mass is 9.97. The van der Waals surface area contributed by atoms with Gasteiger partial charge in [0.25, 0.3) is 0 Å². The Hall–Kier alpha value is -0.580. The van der Waals surface area contributed by atoms with Crippen LogP contribution in [-0.4, -0.2) is 30.9 Å². The number of nitrogens with zero attached hydrogens (tertiary/aromatic N) is 1. The van der Waals surface area contributed by atoms with Crippen LogP contribution in [0.25, 0.3) is 0 Å². The number of hydrogen-bond acceptors (Lipinski definition) is 3. The van der Waals surface area contributed by atoms with Gasteiger partial charge in [0, 0.05) is 18.5 Å².